The lowest BCUT2D eigenvalue weighted by atomic mass is 10.1. The molecule has 1 aliphatic rings. The fraction of sp³-hybridized carbons (Fsp3) is 0.357. The van der Waals surface area contributed by atoms with Crippen molar-refractivity contribution in [2.24, 2.45) is 0 Å². The van der Waals surface area contributed by atoms with E-state index in [2.05, 4.69) is 37.9 Å². The smallest absolute Gasteiger partial charge is 0.303 e. The third-order valence-corrected chi connectivity index (χ3v) is 4.14. The standard InChI is InChI=1S/C14H15BrN2O2/c15-9-1-2-10-11(3-4-14(18)19)13-8-16-5-6-17(13)12(10)7-9/h1-2,7,16H,3-6,8H2,(H,18,19). The third-order valence-electron chi connectivity index (χ3n) is 3.64. The van der Waals surface area contributed by atoms with Crippen LogP contribution in [0.4, 0.5) is 0 Å². The average Bonchev–Trinajstić information content (AvgIpc) is 2.70. The summed E-state index contributed by atoms with van der Waals surface area (Å²) in [6, 6.07) is 6.22. The van der Waals surface area contributed by atoms with E-state index in [1.54, 1.807) is 0 Å². The zero-order valence-corrected chi connectivity index (χ0v) is 12.0. The van der Waals surface area contributed by atoms with Crippen LogP contribution in [-0.2, 0) is 24.3 Å². The summed E-state index contributed by atoms with van der Waals surface area (Å²) in [5.74, 6) is -0.742. The van der Waals surface area contributed by atoms with Crippen LogP contribution in [0.2, 0.25) is 0 Å². The Morgan fingerprint density at radius 1 is 1.47 bits per heavy atom. The monoisotopic (exact) mass is 322 g/mol. The van der Waals surface area contributed by atoms with E-state index >= 15 is 0 Å². The maximum absolute atomic E-state index is 10.8. The summed E-state index contributed by atoms with van der Waals surface area (Å²) >= 11 is 3.51. The average molecular weight is 323 g/mol. The van der Waals surface area contributed by atoms with Gasteiger partial charge in [0.1, 0.15) is 0 Å². The van der Waals surface area contributed by atoms with E-state index in [1.807, 2.05) is 6.07 Å². The van der Waals surface area contributed by atoms with Crippen molar-refractivity contribution in [3.63, 3.8) is 0 Å². The van der Waals surface area contributed by atoms with Crippen LogP contribution in [0.5, 0.6) is 0 Å². The number of carbonyl (C=O) groups is 1. The van der Waals surface area contributed by atoms with Crippen LogP contribution in [-0.4, -0.2) is 22.2 Å². The summed E-state index contributed by atoms with van der Waals surface area (Å²) < 4.78 is 3.37. The molecule has 0 unspecified atom stereocenters. The molecule has 0 spiro atoms. The SMILES string of the molecule is O=C(O)CCc1c2n(c3cc(Br)ccc13)CCNC2. The lowest BCUT2D eigenvalue weighted by molar-refractivity contribution is -0.136. The molecule has 5 heteroatoms. The van der Waals surface area contributed by atoms with Crippen molar-refractivity contribution in [2.75, 3.05) is 6.54 Å². The van der Waals surface area contributed by atoms with Gasteiger partial charge in [0.2, 0.25) is 0 Å². The van der Waals surface area contributed by atoms with Crippen LogP contribution in [0, 0.1) is 0 Å². The van der Waals surface area contributed by atoms with Gasteiger partial charge >= 0.3 is 5.97 Å². The predicted molar refractivity (Wildman–Crippen MR) is 77.3 cm³/mol. The van der Waals surface area contributed by atoms with Crippen molar-refractivity contribution in [3.05, 3.63) is 33.9 Å². The molecule has 0 amide bonds. The van der Waals surface area contributed by atoms with Gasteiger partial charge < -0.3 is 15.0 Å². The molecule has 3 rings (SSSR count). The van der Waals surface area contributed by atoms with Gasteiger partial charge in [0.05, 0.1) is 0 Å². The first-order valence-electron chi connectivity index (χ1n) is 6.39. The topological polar surface area (TPSA) is 54.3 Å². The highest BCUT2D eigenvalue weighted by Gasteiger charge is 2.19. The van der Waals surface area contributed by atoms with Gasteiger partial charge in [-0.05, 0) is 24.1 Å². The van der Waals surface area contributed by atoms with Crippen LogP contribution in [0.15, 0.2) is 22.7 Å². The van der Waals surface area contributed by atoms with Gasteiger partial charge in [-0.25, -0.2) is 0 Å². The van der Waals surface area contributed by atoms with Gasteiger partial charge in [-0.2, -0.15) is 0 Å². The van der Waals surface area contributed by atoms with E-state index in [0.29, 0.717) is 6.42 Å². The molecule has 0 atom stereocenters. The van der Waals surface area contributed by atoms with Gasteiger partial charge in [-0.1, -0.05) is 22.0 Å². The number of nitrogens with one attached hydrogen (secondary N) is 1. The number of carboxylic acid groups (broad SMARTS) is 1. The first kappa shape index (κ1) is 12.7. The van der Waals surface area contributed by atoms with Crippen LogP contribution < -0.4 is 5.32 Å². The second kappa shape index (κ2) is 4.98. The molecule has 1 aromatic heterocycles. The second-order valence-electron chi connectivity index (χ2n) is 4.81. The highest BCUT2D eigenvalue weighted by Crippen LogP contribution is 2.30. The first-order valence-corrected chi connectivity index (χ1v) is 7.18. The van der Waals surface area contributed by atoms with E-state index in [9.17, 15) is 4.79 Å². The summed E-state index contributed by atoms with van der Waals surface area (Å²) in [5.41, 5.74) is 3.61. The van der Waals surface area contributed by atoms with Crippen molar-refractivity contribution < 1.29 is 9.90 Å². The molecule has 2 aromatic rings. The minimum absolute atomic E-state index is 0.183. The number of hydrogen-bond acceptors (Lipinski definition) is 2. The normalized spacial score (nSPS) is 14.6. The Hall–Kier alpha value is -1.33. The third kappa shape index (κ3) is 2.28. The summed E-state index contributed by atoms with van der Waals surface area (Å²) in [7, 11) is 0. The van der Waals surface area contributed by atoms with E-state index in [4.69, 9.17) is 5.11 Å². The van der Waals surface area contributed by atoms with Crippen molar-refractivity contribution in [1.29, 1.82) is 0 Å². The largest absolute Gasteiger partial charge is 0.481 e. The number of carboxylic acids is 1. The Balaban J connectivity index is 2.15. The highest BCUT2D eigenvalue weighted by atomic mass is 79.9. The number of halogens is 1. The molecule has 0 saturated heterocycles. The Morgan fingerprint density at radius 3 is 3.11 bits per heavy atom. The molecule has 19 heavy (non-hydrogen) atoms. The van der Waals surface area contributed by atoms with E-state index in [1.165, 1.54) is 22.2 Å². The molecule has 0 fully saturated rings. The maximum Gasteiger partial charge on any atom is 0.303 e. The number of aryl methyl sites for hydroxylation is 1. The number of hydrogen-bond donors (Lipinski definition) is 2. The lowest BCUT2D eigenvalue weighted by Gasteiger charge is -2.18. The number of aromatic nitrogens is 1. The van der Waals surface area contributed by atoms with Crippen LogP contribution in [0.1, 0.15) is 17.7 Å². The molecule has 1 aliphatic heterocycles. The van der Waals surface area contributed by atoms with Crippen molar-refractivity contribution >= 4 is 32.8 Å². The van der Waals surface area contributed by atoms with E-state index < -0.39 is 5.97 Å². The van der Waals surface area contributed by atoms with E-state index in [-0.39, 0.29) is 6.42 Å². The molecular weight excluding hydrogens is 308 g/mol. The van der Waals surface area contributed by atoms with Crippen LogP contribution in [0.3, 0.4) is 0 Å². The molecule has 0 saturated carbocycles. The van der Waals surface area contributed by atoms with E-state index in [0.717, 1.165) is 24.1 Å². The summed E-state index contributed by atoms with van der Waals surface area (Å²) in [5, 5.41) is 13.5. The molecule has 100 valence electrons. The maximum atomic E-state index is 10.8. The minimum atomic E-state index is -0.742. The number of nitrogens with zero attached hydrogens (tertiary/aromatic N) is 1. The minimum Gasteiger partial charge on any atom is -0.481 e. The molecule has 0 aliphatic carbocycles. The quantitative estimate of drug-likeness (QED) is 0.913. The van der Waals surface area contributed by atoms with Crippen molar-refractivity contribution in [1.82, 2.24) is 9.88 Å². The van der Waals surface area contributed by atoms with Crippen molar-refractivity contribution in [2.45, 2.75) is 25.9 Å². The summed E-state index contributed by atoms with van der Waals surface area (Å²) in [6.07, 6.45) is 0.777. The Morgan fingerprint density at radius 2 is 2.32 bits per heavy atom. The number of aliphatic carboxylic acids is 1. The Bertz CT molecular complexity index is 648. The van der Waals surface area contributed by atoms with Gasteiger partial charge in [-0.3, -0.25) is 4.79 Å². The molecule has 4 nitrogen and oxygen atoms in total. The Labute approximate surface area is 119 Å². The highest BCUT2D eigenvalue weighted by molar-refractivity contribution is 9.10. The lowest BCUT2D eigenvalue weighted by Crippen LogP contribution is -2.28. The zero-order valence-electron chi connectivity index (χ0n) is 10.4. The van der Waals surface area contributed by atoms with Gasteiger partial charge in [0.25, 0.3) is 0 Å². The molecule has 0 radical (unpaired) electrons. The zero-order chi connectivity index (χ0) is 13.4. The van der Waals surface area contributed by atoms with Crippen molar-refractivity contribution in [3.8, 4) is 0 Å². The summed E-state index contributed by atoms with van der Waals surface area (Å²) in [6.45, 7) is 2.72. The molecule has 2 N–H and O–H groups in total. The molecule has 1 aromatic carbocycles. The molecule has 2 heterocycles. The fourth-order valence-electron chi connectivity index (χ4n) is 2.81. The fourth-order valence-corrected chi connectivity index (χ4v) is 3.16. The number of benzene rings is 1. The van der Waals surface area contributed by atoms with Gasteiger partial charge in [0, 0.05) is 47.1 Å². The first-order chi connectivity index (χ1) is 9.16. The number of rotatable bonds is 3. The Kier molecular flexibility index (Phi) is 3.33. The van der Waals surface area contributed by atoms with Gasteiger partial charge in [-0.15, -0.1) is 0 Å². The van der Waals surface area contributed by atoms with Crippen LogP contribution in [0.25, 0.3) is 10.9 Å². The van der Waals surface area contributed by atoms with Crippen LogP contribution >= 0.6 is 15.9 Å². The molecular formula is C14H15BrN2O2. The molecule has 0 bridgehead atoms. The number of fused-ring (bicyclic) bond motifs is 3. The predicted octanol–water partition coefficient (Wildman–Crippen LogP) is 2.52. The van der Waals surface area contributed by atoms with Gasteiger partial charge in [0.15, 0.2) is 0 Å². The second-order valence-corrected chi connectivity index (χ2v) is 5.72. The summed E-state index contributed by atoms with van der Waals surface area (Å²) in [4.78, 5) is 10.8.